The Bertz CT molecular complexity index is 380. The lowest BCUT2D eigenvalue weighted by atomic mass is 10.4. The van der Waals surface area contributed by atoms with E-state index < -0.39 is 5.97 Å². The van der Waals surface area contributed by atoms with E-state index >= 15 is 0 Å². The molecule has 0 saturated heterocycles. The van der Waals surface area contributed by atoms with Crippen LogP contribution >= 0.6 is 11.8 Å². The van der Waals surface area contributed by atoms with Crippen LogP contribution in [0.25, 0.3) is 0 Å². The molecule has 96 valence electrons. The minimum absolute atomic E-state index is 0.00955. The van der Waals surface area contributed by atoms with Gasteiger partial charge in [0, 0.05) is 20.1 Å². The monoisotopic (exact) mass is 258 g/mol. The zero-order valence-electron chi connectivity index (χ0n) is 10.4. The minimum Gasteiger partial charge on any atom is -0.481 e. The van der Waals surface area contributed by atoms with Crippen LogP contribution in [0.2, 0.25) is 0 Å². The number of carboxylic acids is 1. The van der Waals surface area contributed by atoms with E-state index in [0.717, 1.165) is 25.5 Å². The maximum Gasteiger partial charge on any atom is 0.313 e. The van der Waals surface area contributed by atoms with E-state index in [4.69, 9.17) is 5.11 Å². The van der Waals surface area contributed by atoms with Crippen LogP contribution in [-0.4, -0.2) is 45.2 Å². The second-order valence-electron chi connectivity index (χ2n) is 3.63. The van der Waals surface area contributed by atoms with Crippen molar-refractivity contribution in [1.29, 1.82) is 0 Å². The smallest absolute Gasteiger partial charge is 0.313 e. The van der Waals surface area contributed by atoms with Crippen LogP contribution in [0.15, 0.2) is 5.16 Å². The summed E-state index contributed by atoms with van der Waals surface area (Å²) in [6.45, 7) is 5.74. The van der Waals surface area contributed by atoms with Crippen LogP contribution in [0.4, 0.5) is 5.95 Å². The molecule has 0 amide bonds. The SMILES string of the molecule is CCCN(C)c1nnc(SCC(=O)O)n1CC. The Balaban J connectivity index is 2.82. The minimum atomic E-state index is -0.843. The van der Waals surface area contributed by atoms with E-state index in [-0.39, 0.29) is 5.75 Å². The summed E-state index contributed by atoms with van der Waals surface area (Å²) in [7, 11) is 1.96. The molecule has 1 aromatic rings. The van der Waals surface area contributed by atoms with Crippen molar-refractivity contribution in [3.05, 3.63) is 0 Å². The number of carboxylic acid groups (broad SMARTS) is 1. The van der Waals surface area contributed by atoms with E-state index in [1.54, 1.807) is 0 Å². The molecule has 6 nitrogen and oxygen atoms in total. The first-order valence-electron chi connectivity index (χ1n) is 5.59. The molecular formula is C10H18N4O2S. The van der Waals surface area contributed by atoms with Crippen molar-refractivity contribution in [3.63, 3.8) is 0 Å². The van der Waals surface area contributed by atoms with Gasteiger partial charge in [0.25, 0.3) is 0 Å². The molecule has 1 N–H and O–H groups in total. The first kappa shape index (κ1) is 13.8. The molecule has 0 aromatic carbocycles. The van der Waals surface area contributed by atoms with Crippen molar-refractivity contribution < 1.29 is 9.90 Å². The Kier molecular flexibility index (Phi) is 5.27. The maximum atomic E-state index is 10.5. The number of nitrogens with zero attached hydrogens (tertiary/aromatic N) is 4. The molecule has 0 atom stereocenters. The number of aliphatic carboxylic acids is 1. The highest BCUT2D eigenvalue weighted by atomic mass is 32.2. The second kappa shape index (κ2) is 6.48. The molecule has 1 rings (SSSR count). The van der Waals surface area contributed by atoms with Gasteiger partial charge in [-0.15, -0.1) is 10.2 Å². The Morgan fingerprint density at radius 3 is 2.71 bits per heavy atom. The number of hydrogen-bond acceptors (Lipinski definition) is 5. The summed E-state index contributed by atoms with van der Waals surface area (Å²) in [6, 6.07) is 0. The standard InChI is InChI=1S/C10H18N4O2S/c1-4-6-13(3)9-11-12-10(14(9)5-2)17-7-8(15)16/h4-7H2,1-3H3,(H,15,16). The fourth-order valence-electron chi connectivity index (χ4n) is 1.51. The molecule has 0 spiro atoms. The van der Waals surface area contributed by atoms with Crippen molar-refractivity contribution in [1.82, 2.24) is 14.8 Å². The van der Waals surface area contributed by atoms with Crippen LogP contribution in [-0.2, 0) is 11.3 Å². The van der Waals surface area contributed by atoms with Gasteiger partial charge in [-0.1, -0.05) is 18.7 Å². The molecule has 0 saturated carbocycles. The highest BCUT2D eigenvalue weighted by Crippen LogP contribution is 2.21. The lowest BCUT2D eigenvalue weighted by Gasteiger charge is -2.17. The molecule has 0 unspecified atom stereocenters. The lowest BCUT2D eigenvalue weighted by molar-refractivity contribution is -0.133. The van der Waals surface area contributed by atoms with Crippen LogP contribution in [0.3, 0.4) is 0 Å². The molecular weight excluding hydrogens is 240 g/mol. The van der Waals surface area contributed by atoms with Crippen LogP contribution in [0.5, 0.6) is 0 Å². The van der Waals surface area contributed by atoms with Gasteiger partial charge in [-0.05, 0) is 13.3 Å². The number of anilines is 1. The Morgan fingerprint density at radius 2 is 2.18 bits per heavy atom. The van der Waals surface area contributed by atoms with Crippen molar-refractivity contribution >= 4 is 23.7 Å². The Hall–Kier alpha value is -1.24. The normalized spacial score (nSPS) is 10.5. The molecule has 7 heteroatoms. The highest BCUT2D eigenvalue weighted by Gasteiger charge is 2.15. The molecule has 1 heterocycles. The van der Waals surface area contributed by atoms with Gasteiger partial charge in [0.2, 0.25) is 5.95 Å². The van der Waals surface area contributed by atoms with Crippen molar-refractivity contribution in [2.75, 3.05) is 24.2 Å². The summed E-state index contributed by atoms with van der Waals surface area (Å²) in [5.74, 6) is -0.0401. The molecule has 0 aliphatic carbocycles. The van der Waals surface area contributed by atoms with Gasteiger partial charge in [-0.25, -0.2) is 0 Å². The number of rotatable bonds is 7. The third-order valence-corrected chi connectivity index (χ3v) is 3.19. The van der Waals surface area contributed by atoms with Gasteiger partial charge in [-0.3, -0.25) is 9.36 Å². The topological polar surface area (TPSA) is 71.2 Å². The van der Waals surface area contributed by atoms with Gasteiger partial charge in [0.15, 0.2) is 5.16 Å². The van der Waals surface area contributed by atoms with Crippen LogP contribution < -0.4 is 4.90 Å². The Labute approximate surface area is 105 Å². The lowest BCUT2D eigenvalue weighted by Crippen LogP contribution is -2.22. The van der Waals surface area contributed by atoms with Crippen molar-refractivity contribution in [3.8, 4) is 0 Å². The average molecular weight is 258 g/mol. The van der Waals surface area contributed by atoms with Gasteiger partial charge < -0.3 is 10.0 Å². The number of carbonyl (C=O) groups is 1. The molecule has 1 aromatic heterocycles. The van der Waals surface area contributed by atoms with Crippen molar-refractivity contribution in [2.45, 2.75) is 32.0 Å². The first-order valence-corrected chi connectivity index (χ1v) is 6.57. The maximum absolute atomic E-state index is 10.5. The van der Waals surface area contributed by atoms with Crippen LogP contribution in [0, 0.1) is 0 Å². The van der Waals surface area contributed by atoms with Gasteiger partial charge in [0.1, 0.15) is 0 Å². The zero-order valence-corrected chi connectivity index (χ0v) is 11.2. The van der Waals surface area contributed by atoms with Gasteiger partial charge in [-0.2, -0.15) is 0 Å². The molecule has 17 heavy (non-hydrogen) atoms. The average Bonchev–Trinajstić information content (AvgIpc) is 2.69. The number of hydrogen-bond donors (Lipinski definition) is 1. The first-order chi connectivity index (χ1) is 8.10. The van der Waals surface area contributed by atoms with E-state index in [0.29, 0.717) is 5.16 Å². The summed E-state index contributed by atoms with van der Waals surface area (Å²) < 4.78 is 1.93. The second-order valence-corrected chi connectivity index (χ2v) is 4.57. The Morgan fingerprint density at radius 1 is 1.47 bits per heavy atom. The summed E-state index contributed by atoms with van der Waals surface area (Å²) >= 11 is 1.20. The zero-order chi connectivity index (χ0) is 12.8. The summed E-state index contributed by atoms with van der Waals surface area (Å²) in [5.41, 5.74) is 0. The molecule has 0 bridgehead atoms. The fourth-order valence-corrected chi connectivity index (χ4v) is 2.23. The fraction of sp³-hybridized carbons (Fsp3) is 0.700. The molecule has 0 aliphatic heterocycles. The predicted octanol–water partition coefficient (Wildman–Crippen LogP) is 1.32. The largest absolute Gasteiger partial charge is 0.481 e. The molecule has 0 aliphatic rings. The van der Waals surface area contributed by atoms with E-state index in [9.17, 15) is 4.79 Å². The third kappa shape index (κ3) is 3.62. The molecule has 0 fully saturated rings. The van der Waals surface area contributed by atoms with Crippen molar-refractivity contribution in [2.24, 2.45) is 0 Å². The third-order valence-electron chi connectivity index (χ3n) is 2.24. The summed E-state index contributed by atoms with van der Waals surface area (Å²) in [4.78, 5) is 12.6. The molecule has 0 radical (unpaired) electrons. The quantitative estimate of drug-likeness (QED) is 0.744. The summed E-state index contributed by atoms with van der Waals surface area (Å²) in [5, 5.41) is 17.5. The summed E-state index contributed by atoms with van der Waals surface area (Å²) in [6.07, 6.45) is 1.03. The van der Waals surface area contributed by atoms with E-state index in [1.807, 2.05) is 23.4 Å². The van der Waals surface area contributed by atoms with E-state index in [2.05, 4.69) is 17.1 Å². The van der Waals surface area contributed by atoms with Gasteiger partial charge in [0.05, 0.1) is 5.75 Å². The number of thioether (sulfide) groups is 1. The highest BCUT2D eigenvalue weighted by molar-refractivity contribution is 7.99. The predicted molar refractivity (Wildman–Crippen MR) is 67.6 cm³/mol. The van der Waals surface area contributed by atoms with Crippen LogP contribution in [0.1, 0.15) is 20.3 Å². The van der Waals surface area contributed by atoms with Gasteiger partial charge >= 0.3 is 5.97 Å². The number of aromatic nitrogens is 3. The van der Waals surface area contributed by atoms with E-state index in [1.165, 1.54) is 11.8 Å².